The van der Waals surface area contributed by atoms with Crippen molar-refractivity contribution in [1.29, 1.82) is 0 Å². The Morgan fingerprint density at radius 3 is 2.12 bits per heavy atom. The fraction of sp³-hybridized carbons (Fsp3) is 0.200. The van der Waals surface area contributed by atoms with Crippen LogP contribution in [0.2, 0.25) is 0 Å². The van der Waals surface area contributed by atoms with Crippen LogP contribution >= 0.6 is 0 Å². The molecule has 1 fully saturated rings. The molecule has 8 heteroatoms. The highest BCUT2D eigenvalue weighted by Gasteiger charge is 2.23. The largest absolute Gasteiger partial charge is 0.508 e. The lowest BCUT2D eigenvalue weighted by Crippen LogP contribution is -2.50. The minimum Gasteiger partial charge on any atom is -0.508 e. The normalized spacial score (nSPS) is 14.0. The third kappa shape index (κ3) is 4.03. The summed E-state index contributed by atoms with van der Waals surface area (Å²) >= 11 is 0. The van der Waals surface area contributed by atoms with Gasteiger partial charge in [-0.2, -0.15) is 0 Å². The average molecular weight is 441 g/mol. The summed E-state index contributed by atoms with van der Waals surface area (Å²) in [6.07, 6.45) is 5.41. The Morgan fingerprint density at radius 1 is 0.818 bits per heavy atom. The van der Waals surface area contributed by atoms with E-state index in [-0.39, 0.29) is 17.6 Å². The fourth-order valence-corrected chi connectivity index (χ4v) is 4.07. The summed E-state index contributed by atoms with van der Waals surface area (Å²) in [5, 5.41) is 9.56. The Morgan fingerprint density at radius 2 is 1.45 bits per heavy atom. The topological polar surface area (TPSA) is 91.0 Å². The number of phenols is 1. The molecule has 1 aliphatic rings. The highest BCUT2D eigenvalue weighted by atomic mass is 16.3. The van der Waals surface area contributed by atoms with E-state index in [1.807, 2.05) is 47.0 Å². The predicted octanol–water partition coefficient (Wildman–Crippen LogP) is 3.07. The molecule has 3 heterocycles. The van der Waals surface area contributed by atoms with E-state index in [9.17, 15) is 14.7 Å². The molecule has 8 nitrogen and oxygen atoms in total. The van der Waals surface area contributed by atoms with Gasteiger partial charge in [0.15, 0.2) is 5.65 Å². The van der Waals surface area contributed by atoms with Gasteiger partial charge in [-0.05, 0) is 36.4 Å². The van der Waals surface area contributed by atoms with Gasteiger partial charge in [0, 0.05) is 56.0 Å². The molecule has 4 aromatic rings. The summed E-state index contributed by atoms with van der Waals surface area (Å²) in [5.41, 5.74) is 4.81. The molecule has 2 aromatic heterocycles. The van der Waals surface area contributed by atoms with Crippen molar-refractivity contribution in [2.45, 2.75) is 6.92 Å². The van der Waals surface area contributed by atoms with E-state index in [1.54, 1.807) is 41.2 Å². The first-order chi connectivity index (χ1) is 16.0. The molecule has 0 aliphatic carbocycles. The molecule has 166 valence electrons. The zero-order valence-electron chi connectivity index (χ0n) is 18.2. The number of amides is 2. The van der Waals surface area contributed by atoms with Crippen molar-refractivity contribution in [1.82, 2.24) is 24.2 Å². The summed E-state index contributed by atoms with van der Waals surface area (Å²) in [7, 11) is 0. The number of phenolic OH excluding ortho intramolecular Hbond substituents is 1. The molecule has 2 amide bonds. The van der Waals surface area contributed by atoms with Gasteiger partial charge in [-0.1, -0.05) is 12.1 Å². The number of carbonyl (C=O) groups excluding carboxylic acids is 2. The lowest BCUT2D eigenvalue weighted by atomic mass is 10.1. The number of benzene rings is 2. The third-order valence-electron chi connectivity index (χ3n) is 6.00. The van der Waals surface area contributed by atoms with Crippen LogP contribution in [0.25, 0.3) is 28.2 Å². The van der Waals surface area contributed by atoms with Crippen molar-refractivity contribution >= 4 is 17.5 Å². The Labute approximate surface area is 190 Å². The summed E-state index contributed by atoms with van der Waals surface area (Å²) in [6.45, 7) is 3.77. The second-order valence-electron chi connectivity index (χ2n) is 8.07. The Balaban J connectivity index is 1.37. The van der Waals surface area contributed by atoms with Crippen LogP contribution in [0.15, 0.2) is 67.1 Å². The summed E-state index contributed by atoms with van der Waals surface area (Å²) < 4.78 is 1.96. The first-order valence-electron chi connectivity index (χ1n) is 10.8. The van der Waals surface area contributed by atoms with E-state index < -0.39 is 0 Å². The molecule has 0 bridgehead atoms. The number of hydrogen-bond donors (Lipinski definition) is 1. The monoisotopic (exact) mass is 441 g/mol. The van der Waals surface area contributed by atoms with E-state index in [0.717, 1.165) is 28.2 Å². The molecule has 33 heavy (non-hydrogen) atoms. The molecule has 0 saturated carbocycles. The van der Waals surface area contributed by atoms with E-state index in [4.69, 9.17) is 0 Å². The highest BCUT2D eigenvalue weighted by molar-refractivity contribution is 5.95. The van der Waals surface area contributed by atoms with Gasteiger partial charge in [0.05, 0.1) is 23.8 Å². The van der Waals surface area contributed by atoms with Gasteiger partial charge >= 0.3 is 0 Å². The van der Waals surface area contributed by atoms with Gasteiger partial charge in [-0.3, -0.25) is 19.0 Å². The fourth-order valence-electron chi connectivity index (χ4n) is 4.07. The summed E-state index contributed by atoms with van der Waals surface area (Å²) in [6, 6.07) is 14.4. The maximum atomic E-state index is 12.9. The van der Waals surface area contributed by atoms with Gasteiger partial charge < -0.3 is 14.9 Å². The number of hydrogen-bond acceptors (Lipinski definition) is 5. The van der Waals surface area contributed by atoms with Crippen LogP contribution in [0.1, 0.15) is 17.3 Å². The highest BCUT2D eigenvalue weighted by Crippen LogP contribution is 2.25. The van der Waals surface area contributed by atoms with Crippen LogP contribution in [-0.2, 0) is 4.79 Å². The molecule has 1 aliphatic heterocycles. The van der Waals surface area contributed by atoms with Gasteiger partial charge in [0.1, 0.15) is 5.75 Å². The quantitative estimate of drug-likeness (QED) is 0.528. The number of nitrogens with zero attached hydrogens (tertiary/aromatic N) is 5. The third-order valence-corrected chi connectivity index (χ3v) is 6.00. The number of carbonyl (C=O) groups is 2. The molecular weight excluding hydrogens is 418 g/mol. The predicted molar refractivity (Wildman–Crippen MR) is 124 cm³/mol. The maximum absolute atomic E-state index is 12.9. The van der Waals surface area contributed by atoms with Crippen LogP contribution in [0.5, 0.6) is 5.75 Å². The zero-order valence-corrected chi connectivity index (χ0v) is 18.2. The summed E-state index contributed by atoms with van der Waals surface area (Å²) in [5.74, 6) is 0.227. The Kier molecular flexibility index (Phi) is 5.26. The Bertz CT molecular complexity index is 1320. The van der Waals surface area contributed by atoms with Crippen molar-refractivity contribution in [3.8, 4) is 28.3 Å². The average Bonchev–Trinajstić information content (AvgIpc) is 3.27. The van der Waals surface area contributed by atoms with Crippen molar-refractivity contribution in [3.63, 3.8) is 0 Å². The second kappa shape index (κ2) is 8.38. The van der Waals surface area contributed by atoms with Gasteiger partial charge in [-0.25, -0.2) is 4.98 Å². The minimum absolute atomic E-state index is 0.0302. The number of piperazine rings is 1. The van der Waals surface area contributed by atoms with E-state index >= 15 is 0 Å². The molecule has 1 N–H and O–H groups in total. The molecule has 0 atom stereocenters. The van der Waals surface area contributed by atoms with E-state index in [0.29, 0.717) is 31.7 Å². The van der Waals surface area contributed by atoms with Crippen LogP contribution in [0, 0.1) is 0 Å². The first kappa shape index (κ1) is 20.7. The van der Waals surface area contributed by atoms with Crippen LogP contribution < -0.4 is 0 Å². The number of rotatable bonds is 3. The minimum atomic E-state index is -0.0302. The van der Waals surface area contributed by atoms with E-state index in [1.165, 1.54) is 0 Å². The molecule has 0 unspecified atom stereocenters. The van der Waals surface area contributed by atoms with Gasteiger partial charge in [0.25, 0.3) is 5.91 Å². The molecule has 1 saturated heterocycles. The second-order valence-corrected chi connectivity index (χ2v) is 8.07. The molecule has 5 rings (SSSR count). The number of aromatic hydroxyl groups is 1. The van der Waals surface area contributed by atoms with Crippen molar-refractivity contribution in [2.24, 2.45) is 0 Å². The van der Waals surface area contributed by atoms with Crippen LogP contribution in [0.3, 0.4) is 0 Å². The Hall–Kier alpha value is -4.20. The number of aromatic nitrogens is 3. The van der Waals surface area contributed by atoms with Crippen LogP contribution in [0.4, 0.5) is 0 Å². The van der Waals surface area contributed by atoms with Crippen LogP contribution in [-0.4, -0.2) is 67.3 Å². The van der Waals surface area contributed by atoms with Gasteiger partial charge in [-0.15, -0.1) is 0 Å². The SMILES string of the molecule is CC(=O)N1CCN(C(=O)c2ccc(-c3cn4c(-c5ccc(O)cc5)cnc4cn3)cc2)CC1. The molecule has 0 radical (unpaired) electrons. The van der Waals surface area contributed by atoms with Crippen molar-refractivity contribution in [2.75, 3.05) is 26.2 Å². The lowest BCUT2D eigenvalue weighted by molar-refractivity contribution is -0.130. The zero-order chi connectivity index (χ0) is 22.9. The number of fused-ring (bicyclic) bond motifs is 1. The van der Waals surface area contributed by atoms with Gasteiger partial charge in [0.2, 0.25) is 5.91 Å². The van der Waals surface area contributed by atoms with Crippen molar-refractivity contribution < 1.29 is 14.7 Å². The molecule has 2 aromatic carbocycles. The first-order valence-corrected chi connectivity index (χ1v) is 10.8. The number of imidazole rings is 1. The standard InChI is InChI=1S/C25H23N5O3/c1-17(31)28-10-12-29(13-11-28)25(33)20-4-2-18(3-5-20)22-16-30-23(14-27-24(30)15-26-22)19-6-8-21(32)9-7-19/h2-9,14-16,32H,10-13H2,1H3. The maximum Gasteiger partial charge on any atom is 0.253 e. The lowest BCUT2D eigenvalue weighted by Gasteiger charge is -2.34. The molecular formula is C25H23N5O3. The van der Waals surface area contributed by atoms with E-state index in [2.05, 4.69) is 9.97 Å². The van der Waals surface area contributed by atoms with Crippen molar-refractivity contribution in [3.05, 3.63) is 72.7 Å². The smallest absolute Gasteiger partial charge is 0.253 e. The summed E-state index contributed by atoms with van der Waals surface area (Å²) in [4.78, 5) is 36.9. The molecule has 0 spiro atoms.